The van der Waals surface area contributed by atoms with Crippen molar-refractivity contribution in [3.05, 3.63) is 34.9 Å². The second-order valence-corrected chi connectivity index (χ2v) is 34.9. The van der Waals surface area contributed by atoms with Crippen LogP contribution in [0, 0.1) is 16.2 Å². The third-order valence-electron chi connectivity index (χ3n) is 24.9. The minimum atomic E-state index is -1.93. The molecule has 36 nitrogen and oxygen atoms in total. The quantitative estimate of drug-likeness (QED) is 0.0307. The molecule has 1 aromatic rings. The summed E-state index contributed by atoms with van der Waals surface area (Å²) in [6.45, 7) is -1.51. The van der Waals surface area contributed by atoms with Gasteiger partial charge in [-0.25, -0.2) is 0 Å². The predicted molar refractivity (Wildman–Crippen MR) is 425 cm³/mol. The first-order valence-corrected chi connectivity index (χ1v) is 44.1. The van der Waals surface area contributed by atoms with Gasteiger partial charge in [-0.3, -0.25) is 0 Å². The van der Waals surface area contributed by atoms with Crippen molar-refractivity contribution in [2.45, 2.75) is 398 Å². The molecule has 0 saturated carbocycles. The Morgan fingerprint density at radius 2 is 0.367 bits per heavy atom. The van der Waals surface area contributed by atoms with Gasteiger partial charge in [-0.05, 0) is 55.2 Å². The minimum Gasteiger partial charge on any atom is -0.394 e. The Labute approximate surface area is 704 Å². The van der Waals surface area contributed by atoms with E-state index in [4.69, 9.17) is 56.8 Å². The molecule has 12 unspecified atom stereocenters. The topological polar surface area (TPSA) is 596 Å². The van der Waals surface area contributed by atoms with Crippen LogP contribution in [0.15, 0.2) is 18.2 Å². The molecule has 6 heterocycles. The van der Waals surface area contributed by atoms with Crippen LogP contribution in [0.2, 0.25) is 0 Å². The molecular formula is C84H150O36. The van der Waals surface area contributed by atoms with E-state index in [0.29, 0.717) is 55.2 Å². The van der Waals surface area contributed by atoms with Crippen LogP contribution in [-0.4, -0.2) is 386 Å². The van der Waals surface area contributed by atoms with Gasteiger partial charge in [0.2, 0.25) is 0 Å². The van der Waals surface area contributed by atoms with Crippen molar-refractivity contribution in [3.63, 3.8) is 0 Å². The number of aliphatic hydroxyl groups excluding tert-OH is 24. The zero-order valence-electron chi connectivity index (χ0n) is 70.4. The highest BCUT2D eigenvalue weighted by atomic mass is 16.7. The third-order valence-corrected chi connectivity index (χ3v) is 24.9. The summed E-state index contributed by atoms with van der Waals surface area (Å²) < 4.78 is 75.5. The van der Waals surface area contributed by atoms with Gasteiger partial charge in [0.05, 0.1) is 79.3 Å². The molecule has 120 heavy (non-hydrogen) atoms. The van der Waals surface area contributed by atoms with Gasteiger partial charge in [0, 0.05) is 16.2 Å². The van der Waals surface area contributed by atoms with Crippen LogP contribution < -0.4 is 0 Å². The first-order chi connectivity index (χ1) is 57.5. The van der Waals surface area contributed by atoms with Crippen LogP contribution in [0.4, 0.5) is 0 Å². The number of ether oxygens (including phenoxy) is 12. The van der Waals surface area contributed by atoms with E-state index in [1.165, 1.54) is 0 Å². The van der Waals surface area contributed by atoms with E-state index < -0.39 is 280 Å². The third kappa shape index (κ3) is 29.9. The smallest absolute Gasteiger partial charge is 0.186 e. The highest BCUT2D eigenvalue weighted by Crippen LogP contribution is 2.43. The molecule has 6 aliphatic rings. The Hall–Kier alpha value is -2.22. The van der Waals surface area contributed by atoms with E-state index >= 15 is 0 Å². The summed E-state index contributed by atoms with van der Waals surface area (Å²) in [5, 5.41) is 266. The fourth-order valence-corrected chi connectivity index (χ4v) is 17.3. The average Bonchev–Trinajstić information content (AvgIpc) is 0.788. The predicted octanol–water partition coefficient (Wildman–Crippen LogP) is -2.24. The largest absolute Gasteiger partial charge is 0.394 e. The summed E-state index contributed by atoms with van der Waals surface area (Å²) in [5.41, 5.74) is -3.08. The Bertz CT molecular complexity index is 2460. The van der Waals surface area contributed by atoms with Crippen molar-refractivity contribution >= 4 is 0 Å². The van der Waals surface area contributed by atoms with Gasteiger partial charge in [-0.1, -0.05) is 193 Å². The van der Waals surface area contributed by atoms with E-state index in [1.54, 1.807) is 0 Å². The Balaban J connectivity index is 1.52. The number of hydrogen-bond acceptors (Lipinski definition) is 36. The molecule has 0 spiro atoms. The SMILES string of the molecule is CCCCCCCCCCC(CO[C@@H]1OC(CO)[C@@H](O)[C@H](O)C1O)(CO[C@@H]1OC(CO)[C@@H](O)[C@H](O)C1O)Cc1cc(CC(CCCCCCCCCC)(CO[C@@H]2OC(CO)[C@@H](O)[C@H](O)C2O)CO[C@@H]2OC(CO)[C@@H](O)[C@H](O)C2O)cc(CC(CCCCCCCCCC)(CO[C@@H]2OC(CO)[C@@H](O)[C@H](O)C2O)CO[C@@H]2OC(CO)[C@@H](O)[C@H](O)C2O)c1. The van der Waals surface area contributed by atoms with E-state index in [9.17, 15) is 123 Å². The molecule has 24 N–H and O–H groups in total. The summed E-state index contributed by atoms with van der Waals surface area (Å²) in [6.07, 6.45) is -33.1. The maximum absolute atomic E-state index is 11.7. The molecule has 30 atom stereocenters. The van der Waals surface area contributed by atoms with Crippen LogP contribution in [0.25, 0.3) is 0 Å². The standard InChI is InChI=1S/C84H150O36/c1-4-7-10-13-16-19-22-25-28-82(43-109-76-70(103)64(97)58(91)52(37-85)115-76,44-110-77-71(104)65(98)59(92)53(38-86)116-77)34-49-31-50(35-83(29-26-23-20-17-14-11-8-5-2,45-111-78-72(105)66(99)60(93)54(39-87)117-78)46-112-79-73(106)67(100)61(94)55(40-88)118-79)33-51(32-49)36-84(30-27-24-21-18-15-12-9-6-3,47-113-80-74(107)68(101)62(95)56(41-89)119-80)48-114-81-75(108)69(102)63(96)57(42-90)120-81/h31-33,52-81,85-108H,4-30,34-48H2,1-3H3/t52?,53?,54?,55?,56?,57?,58-,59-,60-,61-,62-,63-,64+,65+,66+,67+,68+,69+,70?,71?,72?,73?,74?,75?,76-,77-,78-,79-,80-,81-,82?,83?,84?/m1/s1. The highest BCUT2D eigenvalue weighted by Gasteiger charge is 2.53. The summed E-state index contributed by atoms with van der Waals surface area (Å²) >= 11 is 0. The first kappa shape index (κ1) is 105. The maximum atomic E-state index is 11.7. The molecule has 0 aromatic heterocycles. The number of rotatable bonds is 57. The van der Waals surface area contributed by atoms with Crippen LogP contribution in [0.3, 0.4) is 0 Å². The number of unbranched alkanes of at least 4 members (excludes halogenated alkanes) is 21. The molecule has 0 radical (unpaired) electrons. The van der Waals surface area contributed by atoms with Crippen LogP contribution in [0.1, 0.15) is 211 Å². The molecule has 0 aliphatic carbocycles. The van der Waals surface area contributed by atoms with Crippen molar-refractivity contribution in [1.82, 2.24) is 0 Å². The van der Waals surface area contributed by atoms with Crippen molar-refractivity contribution in [3.8, 4) is 0 Å². The zero-order valence-corrected chi connectivity index (χ0v) is 70.4. The van der Waals surface area contributed by atoms with Gasteiger partial charge in [0.15, 0.2) is 37.7 Å². The molecule has 0 bridgehead atoms. The molecular weight excluding hydrogens is 1580 g/mol. The van der Waals surface area contributed by atoms with Crippen LogP contribution in [-0.2, 0) is 76.1 Å². The second kappa shape index (κ2) is 53.1. The number of benzene rings is 1. The lowest BCUT2D eigenvalue weighted by Gasteiger charge is -2.44. The minimum absolute atomic E-state index is 0.152. The average molecular weight is 1740 g/mol. The van der Waals surface area contributed by atoms with Gasteiger partial charge < -0.3 is 179 Å². The lowest BCUT2D eigenvalue weighted by molar-refractivity contribution is -0.318. The van der Waals surface area contributed by atoms with E-state index in [2.05, 4.69) is 20.8 Å². The Kier molecular flexibility index (Phi) is 46.3. The maximum Gasteiger partial charge on any atom is 0.186 e. The number of hydrogen-bond donors (Lipinski definition) is 24. The van der Waals surface area contributed by atoms with Gasteiger partial charge >= 0.3 is 0 Å². The van der Waals surface area contributed by atoms with E-state index in [0.717, 1.165) is 116 Å². The Morgan fingerprint density at radius 3 is 0.517 bits per heavy atom. The van der Waals surface area contributed by atoms with Gasteiger partial charge in [-0.15, -0.1) is 0 Å². The van der Waals surface area contributed by atoms with Crippen molar-refractivity contribution in [2.24, 2.45) is 16.2 Å². The fraction of sp³-hybridized carbons (Fsp3) is 0.929. The monoisotopic (exact) mass is 1730 g/mol. The molecule has 6 aliphatic heterocycles. The lowest BCUT2D eigenvalue weighted by Crippen LogP contribution is -2.60. The van der Waals surface area contributed by atoms with E-state index in [1.807, 2.05) is 18.2 Å². The molecule has 7 rings (SSSR count). The summed E-state index contributed by atoms with van der Waals surface area (Å²) in [4.78, 5) is 0. The number of aliphatic hydroxyl groups is 24. The zero-order chi connectivity index (χ0) is 87.9. The molecule has 1 aromatic carbocycles. The summed E-state index contributed by atoms with van der Waals surface area (Å²) in [6, 6.07) is 5.48. The molecule has 702 valence electrons. The molecule has 36 heteroatoms. The van der Waals surface area contributed by atoms with Gasteiger partial charge in [0.1, 0.15) is 146 Å². The van der Waals surface area contributed by atoms with E-state index in [-0.39, 0.29) is 38.5 Å². The fourth-order valence-electron chi connectivity index (χ4n) is 17.3. The Morgan fingerprint density at radius 1 is 0.217 bits per heavy atom. The first-order valence-electron chi connectivity index (χ1n) is 44.1. The summed E-state index contributed by atoms with van der Waals surface area (Å²) in [5.74, 6) is 0. The van der Waals surface area contributed by atoms with Crippen molar-refractivity contribution in [2.75, 3.05) is 79.3 Å². The molecule has 6 saturated heterocycles. The van der Waals surface area contributed by atoms with Crippen molar-refractivity contribution in [1.29, 1.82) is 0 Å². The van der Waals surface area contributed by atoms with Gasteiger partial charge in [0.25, 0.3) is 0 Å². The van der Waals surface area contributed by atoms with Crippen LogP contribution >= 0.6 is 0 Å². The highest BCUT2D eigenvalue weighted by molar-refractivity contribution is 5.33. The van der Waals surface area contributed by atoms with Gasteiger partial charge in [-0.2, -0.15) is 0 Å². The summed E-state index contributed by atoms with van der Waals surface area (Å²) in [7, 11) is 0. The molecule has 6 fully saturated rings. The lowest BCUT2D eigenvalue weighted by atomic mass is 9.74. The second-order valence-electron chi connectivity index (χ2n) is 34.9. The molecule has 0 amide bonds. The van der Waals surface area contributed by atoms with Crippen molar-refractivity contribution < 1.29 is 179 Å². The normalized spacial score (nSPS) is 36.7. The van der Waals surface area contributed by atoms with Crippen LogP contribution in [0.5, 0.6) is 0 Å².